The number of rotatable bonds is 5. The molecule has 0 saturated heterocycles. The molecule has 4 fully saturated rings. The molecule has 0 radical (unpaired) electrons. The molecule has 0 heterocycles. The van der Waals surface area contributed by atoms with Gasteiger partial charge in [-0.2, -0.15) is 0 Å². The van der Waals surface area contributed by atoms with Gasteiger partial charge in [0, 0.05) is 16.9 Å². The van der Waals surface area contributed by atoms with Crippen LogP contribution in [0, 0.1) is 17.8 Å². The second kappa shape index (κ2) is 8.60. The van der Waals surface area contributed by atoms with Gasteiger partial charge in [-0.1, -0.05) is 91.0 Å². The summed E-state index contributed by atoms with van der Waals surface area (Å²) in [6.07, 6.45) is 7.05. The standard InChI is InChI=1S/C37H33N/c1-3-8-29(9-4-1)35-13-7-10-31-23-30(16-19-36(31)35)28-14-17-34(18-15-28)38(33-11-5-2-6-12-33)37-24-26-20-27(25-37)22-32(37)21-26/h1-19,23,26-27,32H,20-22,24-25H2. The molecule has 2 atom stereocenters. The molecule has 2 unspecified atom stereocenters. The first-order valence-corrected chi connectivity index (χ1v) is 14.3. The topological polar surface area (TPSA) is 3.24 Å². The minimum atomic E-state index is 0.299. The summed E-state index contributed by atoms with van der Waals surface area (Å²) in [6.45, 7) is 0. The fourth-order valence-corrected chi connectivity index (χ4v) is 8.49. The van der Waals surface area contributed by atoms with Crippen LogP contribution >= 0.6 is 0 Å². The second-order valence-corrected chi connectivity index (χ2v) is 12.0. The zero-order valence-corrected chi connectivity index (χ0v) is 21.8. The van der Waals surface area contributed by atoms with E-state index in [1.165, 1.54) is 76.5 Å². The SMILES string of the molecule is c1ccc(-c2cccc3cc(-c4ccc(N(c5ccccc5)C56CC7CC(CC5C7)C6)cc4)ccc23)cc1. The van der Waals surface area contributed by atoms with Crippen molar-refractivity contribution >= 4 is 22.1 Å². The van der Waals surface area contributed by atoms with Crippen LogP contribution in [0.2, 0.25) is 0 Å². The maximum absolute atomic E-state index is 2.74. The average Bonchev–Trinajstić information content (AvgIpc) is 3.37. The molecule has 186 valence electrons. The monoisotopic (exact) mass is 491 g/mol. The Morgan fingerprint density at radius 1 is 0.526 bits per heavy atom. The van der Waals surface area contributed by atoms with Crippen LogP contribution in [0.15, 0.2) is 121 Å². The molecule has 0 spiro atoms. The molecule has 0 aromatic heterocycles. The van der Waals surface area contributed by atoms with Gasteiger partial charge in [0.2, 0.25) is 0 Å². The summed E-state index contributed by atoms with van der Waals surface area (Å²) in [6, 6.07) is 44.9. The predicted octanol–water partition coefficient (Wildman–Crippen LogP) is 9.89. The molecule has 1 heteroatoms. The highest BCUT2D eigenvalue weighted by Crippen LogP contribution is 2.64. The first kappa shape index (κ1) is 22.2. The Morgan fingerprint density at radius 2 is 1.18 bits per heavy atom. The first-order valence-electron chi connectivity index (χ1n) is 14.3. The molecule has 4 saturated carbocycles. The summed E-state index contributed by atoms with van der Waals surface area (Å²) in [7, 11) is 0. The lowest BCUT2D eigenvalue weighted by Gasteiger charge is -2.45. The maximum Gasteiger partial charge on any atom is 0.0485 e. The van der Waals surface area contributed by atoms with E-state index in [9.17, 15) is 0 Å². The molecule has 4 aliphatic rings. The number of anilines is 2. The number of benzene rings is 5. The molecule has 0 N–H and O–H groups in total. The Kier molecular flexibility index (Phi) is 5.02. The Hall–Kier alpha value is -3.84. The van der Waals surface area contributed by atoms with Gasteiger partial charge in [-0.25, -0.2) is 0 Å². The quantitative estimate of drug-likeness (QED) is 0.236. The second-order valence-electron chi connectivity index (χ2n) is 12.0. The summed E-state index contributed by atoms with van der Waals surface area (Å²) in [5.74, 6) is 2.69. The highest BCUT2D eigenvalue weighted by atomic mass is 15.2. The molecule has 38 heavy (non-hydrogen) atoms. The summed E-state index contributed by atoms with van der Waals surface area (Å²) < 4.78 is 0. The highest BCUT2D eigenvalue weighted by molar-refractivity contribution is 5.98. The Bertz CT molecular complexity index is 1590. The lowest BCUT2D eigenvalue weighted by molar-refractivity contribution is 0.266. The van der Waals surface area contributed by atoms with Crippen LogP contribution < -0.4 is 4.90 Å². The van der Waals surface area contributed by atoms with Crippen molar-refractivity contribution < 1.29 is 0 Å². The van der Waals surface area contributed by atoms with E-state index in [4.69, 9.17) is 0 Å². The van der Waals surface area contributed by atoms with Gasteiger partial charge in [-0.05, 0) is 113 Å². The first-order chi connectivity index (χ1) is 18.8. The van der Waals surface area contributed by atoms with Gasteiger partial charge >= 0.3 is 0 Å². The number of hydrogen-bond donors (Lipinski definition) is 0. The largest absolute Gasteiger partial charge is 0.335 e. The van der Waals surface area contributed by atoms with Crippen LogP contribution in [0.5, 0.6) is 0 Å². The van der Waals surface area contributed by atoms with E-state index in [-0.39, 0.29) is 0 Å². The summed E-state index contributed by atoms with van der Waals surface area (Å²) in [5, 5.41) is 2.59. The number of nitrogens with zero attached hydrogens (tertiary/aromatic N) is 1. The maximum atomic E-state index is 2.74. The molecule has 5 aromatic rings. The van der Waals surface area contributed by atoms with E-state index in [0.29, 0.717) is 5.54 Å². The zero-order chi connectivity index (χ0) is 25.1. The van der Waals surface area contributed by atoms with E-state index in [1.54, 1.807) is 0 Å². The van der Waals surface area contributed by atoms with E-state index in [0.717, 1.165) is 17.8 Å². The van der Waals surface area contributed by atoms with Crippen LogP contribution in [0.3, 0.4) is 0 Å². The highest BCUT2D eigenvalue weighted by Gasteiger charge is 2.60. The van der Waals surface area contributed by atoms with Crippen LogP contribution in [0.4, 0.5) is 11.4 Å². The predicted molar refractivity (Wildman–Crippen MR) is 160 cm³/mol. The van der Waals surface area contributed by atoms with Crippen molar-refractivity contribution in [2.75, 3.05) is 4.90 Å². The minimum absolute atomic E-state index is 0.299. The van der Waals surface area contributed by atoms with Crippen LogP contribution in [-0.4, -0.2) is 5.54 Å². The molecule has 4 bridgehead atoms. The van der Waals surface area contributed by atoms with Gasteiger partial charge in [0.1, 0.15) is 0 Å². The van der Waals surface area contributed by atoms with Crippen molar-refractivity contribution in [3.8, 4) is 22.3 Å². The van der Waals surface area contributed by atoms with Crippen molar-refractivity contribution in [2.24, 2.45) is 17.8 Å². The summed E-state index contributed by atoms with van der Waals surface area (Å²) in [4.78, 5) is 2.74. The number of fused-ring (bicyclic) bond motifs is 1. The molecule has 0 aliphatic heterocycles. The van der Waals surface area contributed by atoms with E-state index >= 15 is 0 Å². The molecule has 9 rings (SSSR count). The van der Waals surface area contributed by atoms with E-state index in [2.05, 4.69) is 126 Å². The third kappa shape index (κ3) is 3.45. The van der Waals surface area contributed by atoms with Gasteiger partial charge in [-0.15, -0.1) is 0 Å². The van der Waals surface area contributed by atoms with E-state index < -0.39 is 0 Å². The smallest absolute Gasteiger partial charge is 0.0485 e. The fourth-order valence-electron chi connectivity index (χ4n) is 8.49. The Balaban J connectivity index is 1.17. The third-order valence-electron chi connectivity index (χ3n) is 9.83. The van der Waals surface area contributed by atoms with Crippen LogP contribution in [0.25, 0.3) is 33.0 Å². The number of para-hydroxylation sites is 1. The molecular formula is C37H33N. The summed E-state index contributed by atoms with van der Waals surface area (Å²) in [5.41, 5.74) is 8.12. The molecule has 0 amide bonds. The Morgan fingerprint density at radius 3 is 1.92 bits per heavy atom. The van der Waals surface area contributed by atoms with Crippen molar-refractivity contribution in [2.45, 2.75) is 37.6 Å². The molecule has 1 nitrogen and oxygen atoms in total. The Labute approximate surface area is 225 Å². The normalized spacial score (nSPS) is 25.2. The van der Waals surface area contributed by atoms with Crippen LogP contribution in [0.1, 0.15) is 32.1 Å². The van der Waals surface area contributed by atoms with Crippen molar-refractivity contribution in [1.82, 2.24) is 0 Å². The van der Waals surface area contributed by atoms with Gasteiger partial charge in [0.05, 0.1) is 0 Å². The zero-order valence-electron chi connectivity index (χ0n) is 21.8. The van der Waals surface area contributed by atoms with E-state index in [1.807, 2.05) is 0 Å². The average molecular weight is 492 g/mol. The lowest BCUT2D eigenvalue weighted by atomic mass is 9.79. The molecule has 4 aliphatic carbocycles. The third-order valence-corrected chi connectivity index (χ3v) is 9.83. The van der Waals surface area contributed by atoms with Gasteiger partial charge < -0.3 is 4.90 Å². The number of hydrogen-bond acceptors (Lipinski definition) is 1. The molecule has 5 aromatic carbocycles. The fraction of sp³-hybridized carbons (Fsp3) is 0.243. The van der Waals surface area contributed by atoms with Crippen molar-refractivity contribution in [3.63, 3.8) is 0 Å². The van der Waals surface area contributed by atoms with Crippen LogP contribution in [-0.2, 0) is 0 Å². The van der Waals surface area contributed by atoms with Gasteiger partial charge in [0.25, 0.3) is 0 Å². The van der Waals surface area contributed by atoms with Gasteiger partial charge in [0.15, 0.2) is 0 Å². The van der Waals surface area contributed by atoms with Crippen molar-refractivity contribution in [3.05, 3.63) is 121 Å². The molecular weight excluding hydrogens is 458 g/mol. The summed E-state index contributed by atoms with van der Waals surface area (Å²) >= 11 is 0. The lowest BCUT2D eigenvalue weighted by Crippen LogP contribution is -2.47. The van der Waals surface area contributed by atoms with Crippen molar-refractivity contribution in [1.29, 1.82) is 0 Å². The minimum Gasteiger partial charge on any atom is -0.335 e. The van der Waals surface area contributed by atoms with Gasteiger partial charge in [-0.3, -0.25) is 0 Å².